The van der Waals surface area contributed by atoms with Gasteiger partial charge in [0.05, 0.1) is 6.61 Å². The van der Waals surface area contributed by atoms with E-state index in [1.165, 1.54) is 6.26 Å². The molecule has 0 bridgehead atoms. The molecule has 0 aliphatic rings. The largest absolute Gasteiger partial charge is 0.461 e. The molecular formula is C10H14N2O3. The first-order chi connectivity index (χ1) is 7.19. The van der Waals surface area contributed by atoms with Gasteiger partial charge in [-0.3, -0.25) is 0 Å². The molecule has 5 nitrogen and oxygen atoms in total. The summed E-state index contributed by atoms with van der Waals surface area (Å²) in [6, 6.07) is 0.373. The lowest BCUT2D eigenvalue weighted by molar-refractivity contribution is 0.0519. The molecule has 0 radical (unpaired) electrons. The van der Waals surface area contributed by atoms with Gasteiger partial charge in [-0.2, -0.15) is 4.98 Å². The zero-order chi connectivity index (χ0) is 11.3. The fourth-order valence-corrected chi connectivity index (χ4v) is 1.01. The Morgan fingerprint density at radius 3 is 3.13 bits per heavy atom. The quantitative estimate of drug-likeness (QED) is 0.544. The molecule has 0 aliphatic heterocycles. The lowest BCUT2D eigenvalue weighted by Crippen LogP contribution is -2.17. The summed E-state index contributed by atoms with van der Waals surface area (Å²) < 4.78 is 9.89. The van der Waals surface area contributed by atoms with E-state index in [-0.39, 0.29) is 5.69 Å². The Morgan fingerprint density at radius 2 is 2.53 bits per heavy atom. The number of esters is 1. The molecule has 1 heterocycles. The third-order valence-electron chi connectivity index (χ3n) is 1.71. The monoisotopic (exact) mass is 210 g/mol. The van der Waals surface area contributed by atoms with E-state index >= 15 is 0 Å². The van der Waals surface area contributed by atoms with Crippen LogP contribution >= 0.6 is 0 Å². The van der Waals surface area contributed by atoms with Crippen molar-refractivity contribution in [2.24, 2.45) is 0 Å². The number of hydrogen-bond acceptors (Lipinski definition) is 5. The van der Waals surface area contributed by atoms with Crippen LogP contribution in [0.15, 0.2) is 23.3 Å². The van der Waals surface area contributed by atoms with Crippen LogP contribution in [0.1, 0.15) is 17.4 Å². The van der Waals surface area contributed by atoms with E-state index in [0.29, 0.717) is 19.2 Å². The number of anilines is 1. The first kappa shape index (κ1) is 11.3. The lowest BCUT2D eigenvalue weighted by Gasteiger charge is -2.09. The van der Waals surface area contributed by atoms with Gasteiger partial charge in [-0.05, 0) is 6.92 Å². The summed E-state index contributed by atoms with van der Waals surface area (Å²) >= 11 is 0. The number of carbonyl (C=O) groups is 1. The SMILES string of the molecule is C=CCN(C)c1nc(C(=O)OCC)co1. The van der Waals surface area contributed by atoms with Gasteiger partial charge in [0.15, 0.2) is 5.69 Å². The normalized spacial score (nSPS) is 9.73. The molecule has 1 aromatic rings. The van der Waals surface area contributed by atoms with Crippen LogP contribution in [0.2, 0.25) is 0 Å². The zero-order valence-electron chi connectivity index (χ0n) is 8.90. The maximum absolute atomic E-state index is 11.3. The Balaban J connectivity index is 2.71. The highest BCUT2D eigenvalue weighted by molar-refractivity contribution is 5.87. The smallest absolute Gasteiger partial charge is 0.360 e. The second-order valence-corrected chi connectivity index (χ2v) is 2.90. The molecule has 0 spiro atoms. The van der Waals surface area contributed by atoms with Crippen molar-refractivity contribution in [2.75, 3.05) is 25.1 Å². The van der Waals surface area contributed by atoms with E-state index in [0.717, 1.165) is 0 Å². The van der Waals surface area contributed by atoms with Gasteiger partial charge in [0.25, 0.3) is 6.01 Å². The van der Waals surface area contributed by atoms with Gasteiger partial charge >= 0.3 is 5.97 Å². The summed E-state index contributed by atoms with van der Waals surface area (Å²) in [4.78, 5) is 17.0. The molecule has 0 unspecified atom stereocenters. The Morgan fingerprint density at radius 1 is 1.80 bits per heavy atom. The van der Waals surface area contributed by atoms with Gasteiger partial charge in [0.1, 0.15) is 6.26 Å². The Kier molecular flexibility index (Phi) is 3.91. The maximum atomic E-state index is 11.3. The number of hydrogen-bond donors (Lipinski definition) is 0. The molecule has 0 atom stereocenters. The molecule has 1 aromatic heterocycles. The predicted molar refractivity (Wildman–Crippen MR) is 55.9 cm³/mol. The van der Waals surface area contributed by atoms with Crippen molar-refractivity contribution in [3.8, 4) is 0 Å². The van der Waals surface area contributed by atoms with E-state index in [2.05, 4.69) is 11.6 Å². The Labute approximate surface area is 88.3 Å². The molecule has 82 valence electrons. The van der Waals surface area contributed by atoms with Crippen molar-refractivity contribution in [3.05, 3.63) is 24.6 Å². The minimum absolute atomic E-state index is 0.183. The summed E-state index contributed by atoms with van der Waals surface area (Å²) in [6.45, 7) is 6.26. The van der Waals surface area contributed by atoms with Crippen LogP contribution in [0.3, 0.4) is 0 Å². The van der Waals surface area contributed by atoms with Crippen LogP contribution in [-0.4, -0.2) is 31.2 Å². The average molecular weight is 210 g/mol. The molecule has 0 aromatic carbocycles. The van der Waals surface area contributed by atoms with E-state index in [4.69, 9.17) is 9.15 Å². The average Bonchev–Trinajstić information content (AvgIpc) is 2.67. The third-order valence-corrected chi connectivity index (χ3v) is 1.71. The van der Waals surface area contributed by atoms with Crippen molar-refractivity contribution in [3.63, 3.8) is 0 Å². The highest BCUT2D eigenvalue weighted by atomic mass is 16.5. The van der Waals surface area contributed by atoms with Gasteiger partial charge < -0.3 is 14.1 Å². The number of likely N-dealkylation sites (N-methyl/N-ethyl adjacent to an activating group) is 1. The highest BCUT2D eigenvalue weighted by Gasteiger charge is 2.14. The van der Waals surface area contributed by atoms with Crippen molar-refractivity contribution in [1.29, 1.82) is 0 Å². The summed E-state index contributed by atoms with van der Waals surface area (Å²) in [6.07, 6.45) is 3.00. The maximum Gasteiger partial charge on any atom is 0.360 e. The first-order valence-electron chi connectivity index (χ1n) is 4.63. The van der Waals surface area contributed by atoms with Gasteiger partial charge in [0.2, 0.25) is 0 Å². The van der Waals surface area contributed by atoms with Gasteiger partial charge in [-0.15, -0.1) is 6.58 Å². The van der Waals surface area contributed by atoms with Crippen molar-refractivity contribution in [2.45, 2.75) is 6.92 Å². The number of aromatic nitrogens is 1. The molecule has 15 heavy (non-hydrogen) atoms. The molecule has 0 fully saturated rings. The van der Waals surface area contributed by atoms with E-state index in [9.17, 15) is 4.79 Å². The number of oxazole rings is 1. The molecule has 1 rings (SSSR count). The highest BCUT2D eigenvalue weighted by Crippen LogP contribution is 2.12. The standard InChI is InChI=1S/C10H14N2O3/c1-4-6-12(3)10-11-8(7-15-10)9(13)14-5-2/h4,7H,1,5-6H2,2-3H3. The first-order valence-corrected chi connectivity index (χ1v) is 4.63. The molecule has 0 amide bonds. The number of carbonyl (C=O) groups excluding carboxylic acids is 1. The fraction of sp³-hybridized carbons (Fsp3) is 0.400. The Bertz CT molecular complexity index is 346. The van der Waals surface area contributed by atoms with Crippen LogP contribution < -0.4 is 4.90 Å². The minimum Gasteiger partial charge on any atom is -0.461 e. The second-order valence-electron chi connectivity index (χ2n) is 2.90. The molecule has 0 aliphatic carbocycles. The molecule has 0 saturated carbocycles. The van der Waals surface area contributed by atoms with Crippen LogP contribution in [0.25, 0.3) is 0 Å². The van der Waals surface area contributed by atoms with E-state index in [1.807, 2.05) is 0 Å². The zero-order valence-corrected chi connectivity index (χ0v) is 8.90. The minimum atomic E-state index is -0.473. The van der Waals surface area contributed by atoms with Crippen molar-refractivity contribution in [1.82, 2.24) is 4.98 Å². The number of rotatable bonds is 5. The van der Waals surface area contributed by atoms with Crippen molar-refractivity contribution >= 4 is 12.0 Å². The van der Waals surface area contributed by atoms with Gasteiger partial charge in [0, 0.05) is 13.6 Å². The predicted octanol–water partition coefficient (Wildman–Crippen LogP) is 1.47. The number of ether oxygens (including phenoxy) is 1. The topological polar surface area (TPSA) is 55.6 Å². The van der Waals surface area contributed by atoms with Gasteiger partial charge in [-0.1, -0.05) is 6.08 Å². The van der Waals surface area contributed by atoms with E-state index < -0.39 is 5.97 Å². The molecule has 5 heteroatoms. The second kappa shape index (κ2) is 5.19. The third kappa shape index (κ3) is 2.83. The lowest BCUT2D eigenvalue weighted by atomic mass is 10.5. The van der Waals surface area contributed by atoms with Crippen LogP contribution in [0.4, 0.5) is 6.01 Å². The molecule has 0 N–H and O–H groups in total. The molecular weight excluding hydrogens is 196 g/mol. The Hall–Kier alpha value is -1.78. The van der Waals surface area contributed by atoms with Crippen LogP contribution in [0, 0.1) is 0 Å². The summed E-state index contributed by atoms with van der Waals surface area (Å²) in [5, 5.41) is 0. The summed E-state index contributed by atoms with van der Waals surface area (Å²) in [7, 11) is 1.79. The molecule has 0 saturated heterocycles. The summed E-state index contributed by atoms with van der Waals surface area (Å²) in [5.41, 5.74) is 0.183. The summed E-state index contributed by atoms with van der Waals surface area (Å²) in [5.74, 6) is -0.473. The van der Waals surface area contributed by atoms with Crippen molar-refractivity contribution < 1.29 is 13.9 Å². The van der Waals surface area contributed by atoms with Crippen LogP contribution in [-0.2, 0) is 4.74 Å². The fourth-order valence-electron chi connectivity index (χ4n) is 1.01. The van der Waals surface area contributed by atoms with Crippen LogP contribution in [0.5, 0.6) is 0 Å². The van der Waals surface area contributed by atoms with E-state index in [1.54, 1.807) is 24.9 Å². The number of nitrogens with zero attached hydrogens (tertiary/aromatic N) is 2. The van der Waals surface area contributed by atoms with Gasteiger partial charge in [-0.25, -0.2) is 4.79 Å².